The van der Waals surface area contributed by atoms with Gasteiger partial charge >= 0.3 is 0 Å². The molecule has 0 amide bonds. The van der Waals surface area contributed by atoms with Crippen molar-refractivity contribution in [3.63, 3.8) is 0 Å². The number of rotatable bonds is 4. The molecule has 3 aromatic rings. The van der Waals surface area contributed by atoms with Gasteiger partial charge in [0.1, 0.15) is 17.1 Å². The predicted octanol–water partition coefficient (Wildman–Crippen LogP) is 4.31. The van der Waals surface area contributed by atoms with Crippen molar-refractivity contribution >= 4 is 22.5 Å². The molecule has 0 N–H and O–H groups in total. The van der Waals surface area contributed by atoms with Crippen LogP contribution < -0.4 is 9.47 Å². The lowest BCUT2D eigenvalue weighted by Crippen LogP contribution is -2.26. The second-order valence-corrected chi connectivity index (χ2v) is 6.35. The van der Waals surface area contributed by atoms with Gasteiger partial charge in [0.05, 0.1) is 12.6 Å². The maximum absolute atomic E-state index is 6.29. The summed E-state index contributed by atoms with van der Waals surface area (Å²) in [6, 6.07) is 5.57. The van der Waals surface area contributed by atoms with Crippen LogP contribution in [0.15, 0.2) is 36.9 Å². The van der Waals surface area contributed by atoms with Crippen molar-refractivity contribution in [1.29, 1.82) is 0 Å². The van der Waals surface area contributed by atoms with Crippen LogP contribution >= 0.6 is 11.6 Å². The van der Waals surface area contributed by atoms with E-state index in [9.17, 15) is 0 Å². The van der Waals surface area contributed by atoms with Crippen molar-refractivity contribution in [3.05, 3.63) is 53.2 Å². The quantitative estimate of drug-likeness (QED) is 0.661. The number of fused-ring (bicyclic) bond motifs is 1. The first-order valence-corrected chi connectivity index (χ1v) is 7.88. The molecule has 0 bridgehead atoms. The highest BCUT2D eigenvalue weighted by molar-refractivity contribution is 6.34. The van der Waals surface area contributed by atoms with Crippen molar-refractivity contribution < 1.29 is 9.47 Å². The van der Waals surface area contributed by atoms with Crippen LogP contribution in [0.5, 0.6) is 11.5 Å². The van der Waals surface area contributed by atoms with E-state index in [1.807, 2.05) is 39.1 Å². The Bertz CT molecular complexity index is 897. The van der Waals surface area contributed by atoms with Gasteiger partial charge in [-0.25, -0.2) is 9.97 Å². The first-order chi connectivity index (χ1) is 11.4. The molecule has 0 unspecified atom stereocenters. The van der Waals surface area contributed by atoms with E-state index in [1.54, 1.807) is 19.4 Å². The van der Waals surface area contributed by atoms with Crippen molar-refractivity contribution in [2.75, 3.05) is 7.11 Å². The van der Waals surface area contributed by atoms with Gasteiger partial charge in [-0.2, -0.15) is 0 Å². The molecular formula is C18H18ClN3O2. The molecule has 2 heterocycles. The Labute approximate surface area is 145 Å². The van der Waals surface area contributed by atoms with Gasteiger partial charge in [-0.1, -0.05) is 11.6 Å². The fourth-order valence-corrected chi connectivity index (χ4v) is 2.95. The molecular weight excluding hydrogens is 326 g/mol. The van der Waals surface area contributed by atoms with E-state index in [-0.39, 0.29) is 0 Å². The smallest absolute Gasteiger partial charge is 0.163 e. The predicted molar refractivity (Wildman–Crippen MR) is 93.7 cm³/mol. The minimum absolute atomic E-state index is 0.380. The third-order valence-electron chi connectivity index (χ3n) is 3.91. The Balaban J connectivity index is 2.08. The molecule has 0 saturated carbocycles. The molecule has 0 aliphatic carbocycles. The summed E-state index contributed by atoms with van der Waals surface area (Å²) < 4.78 is 11.8. The third kappa shape index (κ3) is 2.99. The number of hydrogen-bond acceptors (Lipinski definition) is 5. The number of pyridine rings is 1. The van der Waals surface area contributed by atoms with Crippen molar-refractivity contribution in [2.45, 2.75) is 26.4 Å². The van der Waals surface area contributed by atoms with Crippen LogP contribution in [0.4, 0.5) is 0 Å². The molecule has 0 aliphatic heterocycles. The number of nitrogens with zero attached hydrogens (tertiary/aromatic N) is 3. The van der Waals surface area contributed by atoms with Crippen molar-refractivity contribution in [2.24, 2.45) is 0 Å². The maximum atomic E-state index is 6.29. The third-order valence-corrected chi connectivity index (χ3v) is 4.21. The van der Waals surface area contributed by atoms with E-state index < -0.39 is 5.60 Å². The average molecular weight is 344 g/mol. The highest BCUT2D eigenvalue weighted by Gasteiger charge is 2.26. The van der Waals surface area contributed by atoms with Gasteiger partial charge in [0, 0.05) is 29.4 Å². The normalized spacial score (nSPS) is 11.5. The number of ether oxygens (including phenoxy) is 2. The molecule has 124 valence electrons. The Morgan fingerprint density at radius 2 is 1.92 bits per heavy atom. The minimum atomic E-state index is -0.573. The minimum Gasteiger partial charge on any atom is -0.493 e. The summed E-state index contributed by atoms with van der Waals surface area (Å²) >= 11 is 6.18. The lowest BCUT2D eigenvalue weighted by atomic mass is 9.95. The van der Waals surface area contributed by atoms with E-state index in [1.165, 1.54) is 6.33 Å². The summed E-state index contributed by atoms with van der Waals surface area (Å²) in [5, 5.41) is 1.10. The summed E-state index contributed by atoms with van der Waals surface area (Å²) in [5.41, 5.74) is 2.24. The van der Waals surface area contributed by atoms with Gasteiger partial charge in [-0.15, -0.1) is 0 Å². The molecule has 0 saturated heterocycles. The van der Waals surface area contributed by atoms with Crippen LogP contribution in [0.3, 0.4) is 0 Å². The monoisotopic (exact) mass is 343 g/mol. The second-order valence-electron chi connectivity index (χ2n) is 5.99. The lowest BCUT2D eigenvalue weighted by Gasteiger charge is -2.29. The molecule has 0 aliphatic rings. The molecule has 3 rings (SSSR count). The Morgan fingerprint density at radius 3 is 2.62 bits per heavy atom. The first kappa shape index (κ1) is 16.5. The molecule has 0 spiro atoms. The zero-order chi connectivity index (χ0) is 17.3. The lowest BCUT2D eigenvalue weighted by molar-refractivity contribution is 0.103. The molecule has 0 radical (unpaired) electrons. The van der Waals surface area contributed by atoms with Crippen molar-refractivity contribution in [3.8, 4) is 11.5 Å². The van der Waals surface area contributed by atoms with Crippen molar-refractivity contribution in [1.82, 2.24) is 15.0 Å². The summed E-state index contributed by atoms with van der Waals surface area (Å²) in [6.45, 7) is 6.01. The summed E-state index contributed by atoms with van der Waals surface area (Å²) in [7, 11) is 1.60. The van der Waals surface area contributed by atoms with Gasteiger partial charge in [0.2, 0.25) is 0 Å². The summed E-state index contributed by atoms with van der Waals surface area (Å²) in [4.78, 5) is 12.4. The zero-order valence-corrected chi connectivity index (χ0v) is 14.8. The van der Waals surface area contributed by atoms with Gasteiger partial charge < -0.3 is 9.47 Å². The molecule has 0 atom stereocenters. The van der Waals surface area contributed by atoms with E-state index in [0.717, 1.165) is 16.5 Å². The zero-order valence-electron chi connectivity index (χ0n) is 14.0. The van der Waals surface area contributed by atoms with Crippen LogP contribution in [-0.4, -0.2) is 22.1 Å². The average Bonchev–Trinajstić information content (AvgIpc) is 2.55. The number of methoxy groups -OCH3 is 1. The summed E-state index contributed by atoms with van der Waals surface area (Å²) in [5.74, 6) is 1.18. The molecule has 1 aromatic carbocycles. The fraction of sp³-hybridized carbons (Fsp3) is 0.278. The molecule has 2 aromatic heterocycles. The number of aromatic nitrogens is 3. The van der Waals surface area contributed by atoms with Gasteiger partial charge in [0.25, 0.3) is 0 Å². The molecule has 24 heavy (non-hydrogen) atoms. The second kappa shape index (κ2) is 6.24. The standard InChI is InChI=1S/C18H18ClN3O2/c1-11-9-20-6-5-13(11)18(2,3)24-16-7-12-14(8-15(16)23-4)21-10-22-17(12)19/h5-10H,1-4H3. The van der Waals surface area contributed by atoms with Crippen LogP contribution in [0.25, 0.3) is 10.9 Å². The van der Waals surface area contributed by atoms with E-state index in [0.29, 0.717) is 22.2 Å². The molecule has 0 fully saturated rings. The van der Waals surface area contributed by atoms with Gasteiger partial charge in [-0.05, 0) is 38.5 Å². The van der Waals surface area contributed by atoms with Crippen LogP contribution in [0, 0.1) is 6.92 Å². The summed E-state index contributed by atoms with van der Waals surface area (Å²) in [6.07, 6.45) is 5.01. The van der Waals surface area contributed by atoms with E-state index in [2.05, 4.69) is 15.0 Å². The van der Waals surface area contributed by atoms with E-state index >= 15 is 0 Å². The topological polar surface area (TPSA) is 57.1 Å². The largest absolute Gasteiger partial charge is 0.493 e. The Kier molecular flexibility index (Phi) is 4.28. The SMILES string of the molecule is COc1cc2ncnc(Cl)c2cc1OC(C)(C)c1ccncc1C. The van der Waals surface area contributed by atoms with Gasteiger partial charge in [0.15, 0.2) is 11.5 Å². The van der Waals surface area contributed by atoms with Crippen LogP contribution in [-0.2, 0) is 5.60 Å². The fourth-order valence-electron chi connectivity index (χ4n) is 2.75. The number of halogens is 1. The van der Waals surface area contributed by atoms with E-state index in [4.69, 9.17) is 21.1 Å². The van der Waals surface area contributed by atoms with Gasteiger partial charge in [-0.3, -0.25) is 4.98 Å². The van der Waals surface area contributed by atoms with Crippen LogP contribution in [0.2, 0.25) is 5.15 Å². The van der Waals surface area contributed by atoms with Crippen LogP contribution in [0.1, 0.15) is 25.0 Å². The molecule has 5 nitrogen and oxygen atoms in total. The molecule has 6 heteroatoms. The Hall–Kier alpha value is -2.40. The number of aryl methyl sites for hydroxylation is 1. The highest BCUT2D eigenvalue weighted by atomic mass is 35.5. The number of hydrogen-bond donors (Lipinski definition) is 0. The highest BCUT2D eigenvalue weighted by Crippen LogP contribution is 2.38. The maximum Gasteiger partial charge on any atom is 0.163 e. The number of benzene rings is 1. The Morgan fingerprint density at radius 1 is 1.12 bits per heavy atom. The first-order valence-electron chi connectivity index (χ1n) is 7.50.